The lowest BCUT2D eigenvalue weighted by Gasteiger charge is -2.08. The van der Waals surface area contributed by atoms with Crippen LogP contribution in [0, 0.1) is 0 Å². The number of nitrogens with one attached hydrogen (secondary N) is 1. The van der Waals surface area contributed by atoms with E-state index in [0.29, 0.717) is 5.56 Å². The van der Waals surface area contributed by atoms with Crippen LogP contribution in [0.4, 0.5) is 0 Å². The first-order valence-corrected chi connectivity index (χ1v) is 7.93. The third-order valence-corrected chi connectivity index (χ3v) is 3.61. The molecule has 18 heavy (non-hydrogen) atoms. The minimum absolute atomic E-state index is 0.0510. The molecule has 0 aromatic heterocycles. The summed E-state index contributed by atoms with van der Waals surface area (Å²) >= 11 is 0. The fraction of sp³-hybridized carbons (Fsp3) is 0.462. The SMILES string of the molecule is CNCCc1ccccc1C(=O)CCS(C)(=O)=O. The predicted octanol–water partition coefficient (Wildman–Crippen LogP) is 1.07. The number of likely N-dealkylation sites (N-methyl/N-ethyl adjacent to an activating group) is 1. The zero-order chi connectivity index (χ0) is 13.6. The Labute approximate surface area is 108 Å². The molecule has 0 unspecified atom stereocenters. The highest BCUT2D eigenvalue weighted by atomic mass is 32.2. The third kappa shape index (κ3) is 4.98. The van der Waals surface area contributed by atoms with E-state index in [2.05, 4.69) is 5.32 Å². The Morgan fingerprint density at radius 1 is 1.28 bits per heavy atom. The van der Waals surface area contributed by atoms with Crippen LogP contribution in [0.25, 0.3) is 0 Å². The molecule has 0 saturated heterocycles. The molecule has 0 saturated carbocycles. The second kappa shape index (κ2) is 6.66. The van der Waals surface area contributed by atoms with E-state index >= 15 is 0 Å². The first-order chi connectivity index (χ1) is 8.44. The first kappa shape index (κ1) is 14.9. The lowest BCUT2D eigenvalue weighted by molar-refractivity contribution is 0.0988. The summed E-state index contributed by atoms with van der Waals surface area (Å²) in [5.74, 6) is -0.196. The minimum Gasteiger partial charge on any atom is -0.319 e. The fourth-order valence-corrected chi connectivity index (χ4v) is 2.24. The molecule has 5 heteroatoms. The van der Waals surface area contributed by atoms with Gasteiger partial charge in [-0.3, -0.25) is 4.79 Å². The predicted molar refractivity (Wildman–Crippen MR) is 72.7 cm³/mol. The number of carbonyl (C=O) groups excluding carboxylic acids is 1. The maximum Gasteiger partial charge on any atom is 0.164 e. The van der Waals surface area contributed by atoms with Gasteiger partial charge in [-0.15, -0.1) is 0 Å². The summed E-state index contributed by atoms with van der Waals surface area (Å²) in [5, 5.41) is 3.03. The highest BCUT2D eigenvalue weighted by Crippen LogP contribution is 2.12. The molecule has 1 aromatic carbocycles. The van der Waals surface area contributed by atoms with Gasteiger partial charge in [-0.2, -0.15) is 0 Å². The van der Waals surface area contributed by atoms with Gasteiger partial charge >= 0.3 is 0 Å². The molecule has 0 heterocycles. The number of hydrogen-bond donors (Lipinski definition) is 1. The molecule has 1 rings (SSSR count). The molecule has 0 radical (unpaired) electrons. The standard InChI is InChI=1S/C13H19NO3S/c1-14-9-7-11-5-3-4-6-12(11)13(15)8-10-18(2,16)17/h3-6,14H,7-10H2,1-2H3. The van der Waals surface area contributed by atoms with E-state index in [1.54, 1.807) is 12.1 Å². The molecule has 0 fully saturated rings. The van der Waals surface area contributed by atoms with Crippen molar-refractivity contribution in [3.63, 3.8) is 0 Å². The van der Waals surface area contributed by atoms with Crippen molar-refractivity contribution in [3.8, 4) is 0 Å². The van der Waals surface area contributed by atoms with E-state index in [4.69, 9.17) is 0 Å². The molecule has 0 atom stereocenters. The Morgan fingerprint density at radius 2 is 1.94 bits per heavy atom. The van der Waals surface area contributed by atoms with Crippen molar-refractivity contribution < 1.29 is 13.2 Å². The number of ketones is 1. The largest absolute Gasteiger partial charge is 0.319 e. The summed E-state index contributed by atoms with van der Waals surface area (Å²) in [6.45, 7) is 0.788. The van der Waals surface area contributed by atoms with E-state index in [-0.39, 0.29) is 18.0 Å². The molecule has 1 aromatic rings. The van der Waals surface area contributed by atoms with E-state index in [1.807, 2.05) is 19.2 Å². The van der Waals surface area contributed by atoms with Gasteiger partial charge in [-0.25, -0.2) is 8.42 Å². The van der Waals surface area contributed by atoms with Crippen molar-refractivity contribution in [1.82, 2.24) is 5.32 Å². The number of carbonyl (C=O) groups is 1. The van der Waals surface area contributed by atoms with Gasteiger partial charge in [0.25, 0.3) is 0 Å². The molecule has 100 valence electrons. The summed E-state index contributed by atoms with van der Waals surface area (Å²) in [4.78, 5) is 12.0. The quantitative estimate of drug-likeness (QED) is 0.752. The average molecular weight is 269 g/mol. The Hall–Kier alpha value is -1.20. The summed E-state index contributed by atoms with van der Waals surface area (Å²) in [6.07, 6.45) is 1.96. The van der Waals surface area contributed by atoms with Crippen molar-refractivity contribution in [3.05, 3.63) is 35.4 Å². The second-order valence-corrected chi connectivity index (χ2v) is 6.57. The molecular weight excluding hydrogens is 250 g/mol. The molecule has 4 nitrogen and oxygen atoms in total. The van der Waals surface area contributed by atoms with Gasteiger partial charge in [0, 0.05) is 18.2 Å². The van der Waals surface area contributed by atoms with Crippen molar-refractivity contribution in [2.75, 3.05) is 25.6 Å². The van der Waals surface area contributed by atoms with Gasteiger partial charge < -0.3 is 5.32 Å². The van der Waals surface area contributed by atoms with Gasteiger partial charge in [0.05, 0.1) is 5.75 Å². The maximum atomic E-state index is 12.0. The second-order valence-electron chi connectivity index (χ2n) is 4.31. The lowest BCUT2D eigenvalue weighted by atomic mass is 10.00. The molecule has 0 aliphatic heterocycles. The van der Waals surface area contributed by atoms with Crippen molar-refractivity contribution in [1.29, 1.82) is 0 Å². The Bertz CT molecular complexity index is 509. The van der Waals surface area contributed by atoms with E-state index in [1.165, 1.54) is 0 Å². The molecule has 0 bridgehead atoms. The third-order valence-electron chi connectivity index (χ3n) is 2.66. The Balaban J connectivity index is 2.78. The van der Waals surface area contributed by atoms with Crippen molar-refractivity contribution in [2.45, 2.75) is 12.8 Å². The molecule has 1 N–H and O–H groups in total. The van der Waals surface area contributed by atoms with Crippen LogP contribution in [0.2, 0.25) is 0 Å². The summed E-state index contributed by atoms with van der Waals surface area (Å²) in [5.41, 5.74) is 1.60. The van der Waals surface area contributed by atoms with E-state index < -0.39 is 9.84 Å². The van der Waals surface area contributed by atoms with Crippen LogP contribution in [-0.4, -0.2) is 39.8 Å². The van der Waals surface area contributed by atoms with Crippen molar-refractivity contribution >= 4 is 15.6 Å². The van der Waals surface area contributed by atoms with Crippen LogP contribution in [0.5, 0.6) is 0 Å². The summed E-state index contributed by atoms with van der Waals surface area (Å²) in [6, 6.07) is 7.36. The van der Waals surface area contributed by atoms with Gasteiger partial charge in [0.15, 0.2) is 5.78 Å². The fourth-order valence-electron chi connectivity index (χ4n) is 1.68. The van der Waals surface area contributed by atoms with E-state index in [9.17, 15) is 13.2 Å². The van der Waals surface area contributed by atoms with Crippen LogP contribution >= 0.6 is 0 Å². The van der Waals surface area contributed by atoms with Gasteiger partial charge in [0.1, 0.15) is 9.84 Å². The highest BCUT2D eigenvalue weighted by molar-refractivity contribution is 7.90. The number of Topliss-reactive ketones (excluding diaryl/α,β-unsaturated/α-hetero) is 1. The van der Waals surface area contributed by atoms with Crippen molar-refractivity contribution in [2.24, 2.45) is 0 Å². The molecule has 0 aliphatic carbocycles. The smallest absolute Gasteiger partial charge is 0.164 e. The maximum absolute atomic E-state index is 12.0. The van der Waals surface area contributed by atoms with Gasteiger partial charge in [0.2, 0.25) is 0 Å². The monoisotopic (exact) mass is 269 g/mol. The minimum atomic E-state index is -3.09. The van der Waals surface area contributed by atoms with Crippen LogP contribution in [0.15, 0.2) is 24.3 Å². The number of hydrogen-bond acceptors (Lipinski definition) is 4. The summed E-state index contributed by atoms with van der Waals surface area (Å²) in [7, 11) is -1.23. The number of sulfone groups is 1. The lowest BCUT2D eigenvalue weighted by Crippen LogP contribution is -2.15. The zero-order valence-corrected chi connectivity index (χ0v) is 11.6. The van der Waals surface area contributed by atoms with Crippen LogP contribution < -0.4 is 5.32 Å². The van der Waals surface area contributed by atoms with E-state index in [0.717, 1.165) is 24.8 Å². The summed E-state index contributed by atoms with van der Waals surface area (Å²) < 4.78 is 22.1. The zero-order valence-electron chi connectivity index (χ0n) is 10.8. The van der Waals surface area contributed by atoms with Crippen LogP contribution in [0.1, 0.15) is 22.3 Å². The topological polar surface area (TPSA) is 63.2 Å². The Morgan fingerprint density at radius 3 is 2.56 bits per heavy atom. The van der Waals surface area contributed by atoms with Crippen LogP contribution in [-0.2, 0) is 16.3 Å². The van der Waals surface area contributed by atoms with Gasteiger partial charge in [-0.1, -0.05) is 24.3 Å². The average Bonchev–Trinajstić information content (AvgIpc) is 2.33. The Kier molecular flexibility index (Phi) is 5.50. The number of rotatable bonds is 7. The highest BCUT2D eigenvalue weighted by Gasteiger charge is 2.13. The first-order valence-electron chi connectivity index (χ1n) is 5.87. The molecular formula is C13H19NO3S. The van der Waals surface area contributed by atoms with Gasteiger partial charge in [-0.05, 0) is 25.6 Å². The molecule has 0 spiro atoms. The molecule has 0 aliphatic rings. The van der Waals surface area contributed by atoms with Crippen LogP contribution in [0.3, 0.4) is 0 Å². The number of benzene rings is 1. The molecule has 0 amide bonds. The normalized spacial score (nSPS) is 11.4.